The van der Waals surface area contributed by atoms with Crippen LogP contribution in [-0.4, -0.2) is 99.2 Å². The van der Waals surface area contributed by atoms with Gasteiger partial charge in [-0.1, -0.05) is 76.1 Å². The molecule has 72 heavy (non-hydrogen) atoms. The number of carbonyl (C=O) groups excluding carboxylic acids is 6. The first-order valence-electron chi connectivity index (χ1n) is 24.0. The van der Waals surface area contributed by atoms with Crippen molar-refractivity contribution in [2.24, 2.45) is 0 Å². The summed E-state index contributed by atoms with van der Waals surface area (Å²) >= 11 is 0. The number of aryl methyl sites for hydroxylation is 1. The van der Waals surface area contributed by atoms with Gasteiger partial charge in [0.05, 0.1) is 17.6 Å². The average Bonchev–Trinajstić information content (AvgIpc) is 3.33. The van der Waals surface area contributed by atoms with Crippen LogP contribution in [-0.2, 0) is 41.6 Å². The van der Waals surface area contributed by atoms with Gasteiger partial charge >= 0.3 is 12.1 Å². The van der Waals surface area contributed by atoms with Gasteiger partial charge in [-0.2, -0.15) is 13.2 Å². The maximum Gasteiger partial charge on any atom is 0.430 e. The number of carboxylic acids is 2. The monoisotopic (exact) mass is 1010 g/mol. The lowest BCUT2D eigenvalue weighted by Crippen LogP contribution is -2.54. The number of carbonyl (C=O) groups is 7. The highest BCUT2D eigenvalue weighted by molar-refractivity contribution is 5.98. The highest BCUT2D eigenvalue weighted by Gasteiger charge is 2.32. The van der Waals surface area contributed by atoms with Crippen LogP contribution in [0.3, 0.4) is 0 Å². The molecule has 0 fully saturated rings. The number of fused-ring (bicyclic) bond motifs is 6. The van der Waals surface area contributed by atoms with E-state index >= 15 is 0 Å². The third-order valence-electron chi connectivity index (χ3n) is 11.9. The second-order valence-corrected chi connectivity index (χ2v) is 17.6. The Balaban J connectivity index is 0.00000149. The number of aromatic nitrogens is 1. The third kappa shape index (κ3) is 17.8. The van der Waals surface area contributed by atoms with Crippen LogP contribution >= 0.6 is 0 Å². The van der Waals surface area contributed by atoms with Crippen LogP contribution in [0, 0.1) is 0 Å². The molecule has 21 heteroatoms. The number of pyridine rings is 1. The van der Waals surface area contributed by atoms with E-state index in [0.717, 1.165) is 23.7 Å². The molecule has 4 aromatic rings. The molecule has 11 N–H and O–H groups in total. The molecular formula is C51H64F3N7O11. The van der Waals surface area contributed by atoms with Gasteiger partial charge in [-0.05, 0) is 92.1 Å². The van der Waals surface area contributed by atoms with E-state index in [9.17, 15) is 57.3 Å². The molecule has 2 heterocycles. The molecule has 1 aromatic heterocycles. The van der Waals surface area contributed by atoms with Gasteiger partial charge in [0.25, 0.3) is 5.91 Å². The fourth-order valence-corrected chi connectivity index (χ4v) is 7.87. The number of amides is 5. The van der Waals surface area contributed by atoms with Crippen molar-refractivity contribution in [3.8, 4) is 22.6 Å². The number of aliphatic carboxylic acids is 2. The number of rotatable bonds is 21. The molecule has 0 aliphatic carbocycles. The first-order valence-corrected chi connectivity index (χ1v) is 24.0. The van der Waals surface area contributed by atoms with Crippen LogP contribution in [0.25, 0.3) is 22.0 Å². The van der Waals surface area contributed by atoms with Gasteiger partial charge in [0.2, 0.25) is 23.6 Å². The maximum atomic E-state index is 14.1. The summed E-state index contributed by atoms with van der Waals surface area (Å²) in [6, 6.07) is 11.0. The number of aromatic hydroxyl groups is 2. The van der Waals surface area contributed by atoms with E-state index in [1.54, 1.807) is 6.07 Å². The van der Waals surface area contributed by atoms with Gasteiger partial charge in [-0.15, -0.1) is 0 Å². The molecule has 0 saturated heterocycles. The first kappa shape index (κ1) is 57.3. The lowest BCUT2D eigenvalue weighted by molar-refractivity contribution is -0.368. The largest absolute Gasteiger partial charge is 0.542 e. The van der Waals surface area contributed by atoms with E-state index in [2.05, 4.69) is 56.4 Å². The quantitative estimate of drug-likeness (QED) is 0.0539. The molecule has 18 nitrogen and oxygen atoms in total. The van der Waals surface area contributed by atoms with Crippen LogP contribution in [0.15, 0.2) is 66.9 Å². The van der Waals surface area contributed by atoms with Gasteiger partial charge < -0.3 is 57.5 Å². The summed E-state index contributed by atoms with van der Waals surface area (Å²) in [5.74, 6) is -8.15. The summed E-state index contributed by atoms with van der Waals surface area (Å²) in [4.78, 5) is 93.1. The van der Waals surface area contributed by atoms with E-state index in [1.807, 2.05) is 6.07 Å². The number of phenols is 2. The number of quaternary nitrogens is 1. The Labute approximate surface area is 414 Å². The molecule has 1 aliphatic rings. The van der Waals surface area contributed by atoms with Crippen molar-refractivity contribution in [1.29, 1.82) is 0 Å². The number of hydrogen-bond acceptors (Lipinski definition) is 11. The number of phenolic OH excluding ortho intramolecular Hbond substituents is 2. The Kier molecular flexibility index (Phi) is 22.2. The summed E-state index contributed by atoms with van der Waals surface area (Å²) in [6.07, 6.45) is 8.35. The van der Waals surface area contributed by atoms with E-state index in [0.29, 0.717) is 30.5 Å². The van der Waals surface area contributed by atoms with Crippen molar-refractivity contribution in [2.75, 3.05) is 13.1 Å². The summed E-state index contributed by atoms with van der Waals surface area (Å²) in [5.41, 5.74) is 7.02. The third-order valence-corrected chi connectivity index (χ3v) is 11.9. The fraction of sp³-hybridized carbons (Fsp3) is 0.451. The van der Waals surface area contributed by atoms with Crippen molar-refractivity contribution >= 4 is 52.4 Å². The van der Waals surface area contributed by atoms with Gasteiger partial charge in [-0.25, -0.2) is 4.79 Å². The number of halogens is 3. The molecule has 4 bridgehead atoms. The molecule has 5 rings (SSSR count). The molecule has 0 spiro atoms. The molecule has 1 aliphatic heterocycles. The average molecular weight is 1010 g/mol. The minimum absolute atomic E-state index is 0.0362. The van der Waals surface area contributed by atoms with E-state index in [4.69, 9.17) is 9.90 Å². The topological polar surface area (TPSA) is 304 Å². The predicted molar refractivity (Wildman–Crippen MR) is 257 cm³/mol. The number of carboxylic acid groups (broad SMARTS) is 2. The molecule has 3 aromatic carbocycles. The highest BCUT2D eigenvalue weighted by atomic mass is 19.4. The zero-order chi connectivity index (χ0) is 53.0. The van der Waals surface area contributed by atoms with Crippen LogP contribution in [0.4, 0.5) is 13.2 Å². The van der Waals surface area contributed by atoms with Crippen LogP contribution in [0.5, 0.6) is 11.5 Å². The maximum absolute atomic E-state index is 14.1. The summed E-state index contributed by atoms with van der Waals surface area (Å²) in [5, 5.41) is 54.4. The Hall–Kier alpha value is -7.29. The van der Waals surface area contributed by atoms with Gasteiger partial charge in [0.15, 0.2) is 0 Å². The number of unbranched alkanes of at least 4 members (excludes halogenated alkanes) is 8. The highest BCUT2D eigenvalue weighted by Crippen LogP contribution is 2.38. The van der Waals surface area contributed by atoms with Gasteiger partial charge in [0, 0.05) is 42.1 Å². The zero-order valence-corrected chi connectivity index (χ0v) is 40.4. The van der Waals surface area contributed by atoms with Crippen LogP contribution in [0.1, 0.15) is 124 Å². The summed E-state index contributed by atoms with van der Waals surface area (Å²) < 4.78 is 31.5. The Bertz CT molecular complexity index is 2540. The molecule has 0 radical (unpaired) electrons. The normalized spacial score (nSPS) is 16.2. The Morgan fingerprint density at radius 1 is 0.847 bits per heavy atom. The van der Waals surface area contributed by atoms with E-state index < -0.39 is 71.8 Å². The smallest absolute Gasteiger partial charge is 0.430 e. The molecule has 5 amide bonds. The summed E-state index contributed by atoms with van der Waals surface area (Å²) in [6.45, 7) is 4.13. The fourth-order valence-electron chi connectivity index (χ4n) is 7.87. The number of hydrogen-bond donors (Lipinski definition) is 9. The number of nitrogens with one attached hydrogen (secondary N) is 5. The number of benzene rings is 3. The van der Waals surface area contributed by atoms with Crippen molar-refractivity contribution < 1.29 is 72.9 Å². The SMILES string of the molecule is CCCCCCCCCCc1ccc2cc(C(=O)NCCC(=O)N[C@@H](CCCC[NH3+])C(=O)N[C@@H]3C(=O)N[C@@H](C)C(=O)N[C@H](C(=O)O)Cc4ccc(O)c(c4)-c4cc3ccc4O)cnc2c1.O=C([O-])C(F)(F)F. The minimum atomic E-state index is -5.19. The second-order valence-electron chi connectivity index (χ2n) is 17.6. The van der Waals surface area contributed by atoms with Gasteiger partial charge in [-0.3, -0.25) is 29.0 Å². The molecule has 4 atom stereocenters. The van der Waals surface area contributed by atoms with Crippen LogP contribution in [0.2, 0.25) is 0 Å². The Morgan fingerprint density at radius 3 is 2.15 bits per heavy atom. The van der Waals surface area contributed by atoms with Crippen LogP contribution < -0.4 is 37.4 Å². The Morgan fingerprint density at radius 2 is 1.50 bits per heavy atom. The number of alkyl halides is 3. The lowest BCUT2D eigenvalue weighted by Gasteiger charge is -2.26. The van der Waals surface area contributed by atoms with Gasteiger partial charge in [0.1, 0.15) is 41.6 Å². The molecule has 0 saturated carbocycles. The molecular weight excluding hydrogens is 944 g/mol. The van der Waals surface area contributed by atoms with Crippen molar-refractivity contribution in [3.63, 3.8) is 0 Å². The van der Waals surface area contributed by atoms with E-state index in [-0.39, 0.29) is 54.0 Å². The number of nitrogens with zero attached hydrogens (tertiary/aromatic N) is 1. The second kappa shape index (κ2) is 27.9. The summed E-state index contributed by atoms with van der Waals surface area (Å²) in [7, 11) is 0. The minimum Gasteiger partial charge on any atom is -0.542 e. The predicted octanol–water partition coefficient (Wildman–Crippen LogP) is 3.80. The lowest BCUT2D eigenvalue weighted by atomic mass is 9.94. The van der Waals surface area contributed by atoms with Crippen molar-refractivity contribution in [2.45, 2.75) is 134 Å². The standard InChI is InChI=1S/C49H63N7O9.C2HF3O2/c1-3-4-5-6-7-8-9-10-13-31-15-17-33-27-35(29-52-39(33)25-31)46(61)51-23-21-43(59)54-38(14-11-12-22-50)47(62)56-44-34-18-20-42(58)37(28-34)36-24-32(16-19-41(36)57)26-40(49(64)65)55-45(60)30(2)53-48(44)63;3-2(4,5)1(6)7/h15-20,24-25,27-30,38,40,44,57-58H,3-14,21-23,26,50H2,1-2H3,(H,51,61)(H,53,63)(H,54,59)(H,55,60)(H,56,62)(H,64,65);(H,6,7)/t30-,38-,40-,44-;/m0./s1. The van der Waals surface area contributed by atoms with Crippen molar-refractivity contribution in [3.05, 3.63) is 89.1 Å². The van der Waals surface area contributed by atoms with E-state index in [1.165, 1.54) is 100 Å². The zero-order valence-electron chi connectivity index (χ0n) is 40.4. The molecule has 390 valence electrons. The first-order chi connectivity index (χ1) is 34.2. The molecule has 0 unspecified atom stereocenters. The van der Waals surface area contributed by atoms with Crippen molar-refractivity contribution in [1.82, 2.24) is 31.6 Å².